The van der Waals surface area contributed by atoms with Crippen molar-refractivity contribution in [3.05, 3.63) is 56.8 Å². The van der Waals surface area contributed by atoms with Crippen LogP contribution in [-0.2, 0) is 19.1 Å². The summed E-state index contributed by atoms with van der Waals surface area (Å²) in [5.41, 5.74) is 2.26. The largest absolute Gasteiger partial charge is 0.466 e. The van der Waals surface area contributed by atoms with Crippen molar-refractivity contribution in [2.75, 3.05) is 7.11 Å². The van der Waals surface area contributed by atoms with Crippen molar-refractivity contribution in [1.29, 1.82) is 0 Å². The maximum absolute atomic E-state index is 13.0. The van der Waals surface area contributed by atoms with E-state index in [4.69, 9.17) is 9.47 Å². The Balaban J connectivity index is 2.68. The molecule has 0 radical (unpaired) electrons. The highest BCUT2D eigenvalue weighted by Crippen LogP contribution is 2.42. The van der Waals surface area contributed by atoms with Crippen molar-refractivity contribution >= 4 is 27.9 Å². The highest BCUT2D eigenvalue weighted by Gasteiger charge is 2.39. The second kappa shape index (κ2) is 7.66. The van der Waals surface area contributed by atoms with Crippen LogP contribution in [0.1, 0.15) is 46.1 Å². The van der Waals surface area contributed by atoms with Crippen molar-refractivity contribution in [2.24, 2.45) is 0 Å². The first-order valence-corrected chi connectivity index (χ1v) is 9.10. The summed E-state index contributed by atoms with van der Waals surface area (Å²) in [6.07, 6.45) is 0. The van der Waals surface area contributed by atoms with Crippen LogP contribution in [0, 0.1) is 0 Å². The molecule has 1 N–H and O–H groups in total. The fraction of sp³-hybridized carbons (Fsp3) is 0.400. The lowest BCUT2D eigenvalue weighted by atomic mass is 9.80. The number of ether oxygens (including phenoxy) is 2. The average molecular weight is 422 g/mol. The van der Waals surface area contributed by atoms with Gasteiger partial charge in [-0.15, -0.1) is 0 Å². The molecule has 0 fully saturated rings. The van der Waals surface area contributed by atoms with Gasteiger partial charge in [0, 0.05) is 15.9 Å². The molecule has 1 aromatic carbocycles. The molecule has 1 aliphatic heterocycles. The van der Waals surface area contributed by atoms with Gasteiger partial charge in [-0.1, -0.05) is 34.1 Å². The smallest absolute Gasteiger partial charge is 0.337 e. The van der Waals surface area contributed by atoms with Crippen molar-refractivity contribution in [1.82, 2.24) is 5.32 Å². The minimum Gasteiger partial charge on any atom is -0.466 e. The predicted octanol–water partition coefficient (Wildman–Crippen LogP) is 4.20. The average Bonchev–Trinajstić information content (AvgIpc) is 2.52. The van der Waals surface area contributed by atoms with Gasteiger partial charge in [0.05, 0.1) is 24.2 Å². The number of dihydropyridines is 1. The number of esters is 2. The second-order valence-corrected chi connectivity index (χ2v) is 8.00. The summed E-state index contributed by atoms with van der Waals surface area (Å²) >= 11 is 3.54. The number of hydrogen-bond acceptors (Lipinski definition) is 5. The Morgan fingerprint density at radius 2 is 1.58 bits per heavy atom. The Kier molecular flexibility index (Phi) is 5.96. The van der Waals surface area contributed by atoms with Crippen molar-refractivity contribution in [2.45, 2.75) is 46.1 Å². The molecule has 6 heteroatoms. The number of allylic oxidation sites excluding steroid dienone is 2. The van der Waals surface area contributed by atoms with Crippen LogP contribution in [0.25, 0.3) is 0 Å². The lowest BCUT2D eigenvalue weighted by Gasteiger charge is -2.32. The van der Waals surface area contributed by atoms with E-state index >= 15 is 0 Å². The summed E-state index contributed by atoms with van der Waals surface area (Å²) in [6, 6.07) is 7.51. The van der Waals surface area contributed by atoms with Gasteiger partial charge >= 0.3 is 11.9 Å². The predicted molar refractivity (Wildman–Crippen MR) is 103 cm³/mol. The minimum absolute atomic E-state index is 0.394. The number of carbonyl (C=O) groups is 2. The van der Waals surface area contributed by atoms with Gasteiger partial charge in [-0.05, 0) is 46.2 Å². The van der Waals surface area contributed by atoms with Gasteiger partial charge in [-0.2, -0.15) is 0 Å². The molecular formula is C20H24BrNO4. The molecule has 5 nitrogen and oxygen atoms in total. The maximum Gasteiger partial charge on any atom is 0.337 e. The molecule has 26 heavy (non-hydrogen) atoms. The fourth-order valence-electron chi connectivity index (χ4n) is 3.00. The Morgan fingerprint density at radius 1 is 1.04 bits per heavy atom. The zero-order valence-electron chi connectivity index (χ0n) is 15.9. The summed E-state index contributed by atoms with van der Waals surface area (Å²) in [6.45, 7) is 9.04. The maximum atomic E-state index is 13.0. The molecule has 1 aliphatic rings. The number of nitrogens with one attached hydrogen (secondary N) is 1. The van der Waals surface area contributed by atoms with E-state index in [-0.39, 0.29) is 0 Å². The van der Waals surface area contributed by atoms with Gasteiger partial charge < -0.3 is 14.8 Å². The van der Waals surface area contributed by atoms with Gasteiger partial charge in [-0.3, -0.25) is 0 Å². The Labute approximate surface area is 162 Å². The summed E-state index contributed by atoms with van der Waals surface area (Å²) < 4.78 is 11.4. The SMILES string of the molecule is COC(=O)C1=C(C)NC(C)=C(C(=O)OC(C)(C)C)C1c1ccccc1Br. The molecule has 0 amide bonds. The molecule has 0 saturated heterocycles. The third kappa shape index (κ3) is 4.18. The molecule has 1 unspecified atom stereocenters. The molecule has 0 bridgehead atoms. The van der Waals surface area contributed by atoms with Crippen LogP contribution >= 0.6 is 15.9 Å². The van der Waals surface area contributed by atoms with Gasteiger partial charge in [0.25, 0.3) is 0 Å². The van der Waals surface area contributed by atoms with E-state index in [1.807, 2.05) is 45.0 Å². The Hall–Kier alpha value is -2.08. The fourth-order valence-corrected chi connectivity index (χ4v) is 3.51. The lowest BCUT2D eigenvalue weighted by molar-refractivity contribution is -0.150. The molecule has 1 atom stereocenters. The first-order valence-electron chi connectivity index (χ1n) is 8.31. The summed E-state index contributed by atoms with van der Waals surface area (Å²) in [5.74, 6) is -1.53. The van der Waals surface area contributed by atoms with Crippen LogP contribution in [0.15, 0.2) is 51.3 Å². The number of halogens is 1. The number of carbonyl (C=O) groups excluding carboxylic acids is 2. The van der Waals surface area contributed by atoms with E-state index in [1.165, 1.54) is 7.11 Å². The van der Waals surface area contributed by atoms with Gasteiger partial charge in [0.2, 0.25) is 0 Å². The zero-order valence-corrected chi connectivity index (χ0v) is 17.5. The summed E-state index contributed by atoms with van der Waals surface area (Å²) in [7, 11) is 1.33. The Morgan fingerprint density at radius 3 is 2.08 bits per heavy atom. The zero-order chi connectivity index (χ0) is 19.6. The quantitative estimate of drug-likeness (QED) is 0.740. The molecule has 1 aromatic rings. The van der Waals surface area contributed by atoms with Crippen molar-refractivity contribution in [3.8, 4) is 0 Å². The van der Waals surface area contributed by atoms with Crippen LogP contribution < -0.4 is 5.32 Å². The number of hydrogen-bond donors (Lipinski definition) is 1. The van der Waals surface area contributed by atoms with Crippen LogP contribution in [0.5, 0.6) is 0 Å². The molecular weight excluding hydrogens is 398 g/mol. The van der Waals surface area contributed by atoms with Crippen LogP contribution in [0.2, 0.25) is 0 Å². The molecule has 0 spiro atoms. The van der Waals surface area contributed by atoms with Crippen LogP contribution in [0.3, 0.4) is 0 Å². The highest BCUT2D eigenvalue weighted by atomic mass is 79.9. The molecule has 1 heterocycles. The normalized spacial score (nSPS) is 17.7. The van der Waals surface area contributed by atoms with E-state index in [0.717, 1.165) is 10.0 Å². The van der Waals surface area contributed by atoms with Gasteiger partial charge in [0.1, 0.15) is 5.60 Å². The third-order valence-electron chi connectivity index (χ3n) is 4.00. The number of methoxy groups -OCH3 is 1. The van der Waals surface area contributed by atoms with E-state index in [0.29, 0.717) is 22.5 Å². The minimum atomic E-state index is -0.648. The van der Waals surface area contributed by atoms with E-state index in [2.05, 4.69) is 21.2 Å². The molecule has 0 aliphatic carbocycles. The molecule has 0 aromatic heterocycles. The third-order valence-corrected chi connectivity index (χ3v) is 4.72. The summed E-state index contributed by atoms with van der Waals surface area (Å²) in [5, 5.41) is 3.12. The first-order chi connectivity index (χ1) is 12.1. The Bertz CT molecular complexity index is 802. The van der Waals surface area contributed by atoms with E-state index < -0.39 is 23.5 Å². The van der Waals surface area contributed by atoms with Gasteiger partial charge in [0.15, 0.2) is 0 Å². The molecule has 0 saturated carbocycles. The van der Waals surface area contributed by atoms with Gasteiger partial charge in [-0.25, -0.2) is 9.59 Å². The second-order valence-electron chi connectivity index (χ2n) is 7.15. The van der Waals surface area contributed by atoms with Crippen LogP contribution in [-0.4, -0.2) is 24.6 Å². The van der Waals surface area contributed by atoms with Crippen LogP contribution in [0.4, 0.5) is 0 Å². The van der Waals surface area contributed by atoms with E-state index in [1.54, 1.807) is 13.8 Å². The number of benzene rings is 1. The molecule has 2 rings (SSSR count). The lowest BCUT2D eigenvalue weighted by Crippen LogP contribution is -2.34. The standard InChI is InChI=1S/C20H24BrNO4/c1-11-15(18(23)25-6)17(13-9-7-8-10-14(13)21)16(12(2)22-11)19(24)26-20(3,4)5/h7-10,17,22H,1-6H3. The highest BCUT2D eigenvalue weighted by molar-refractivity contribution is 9.10. The molecule has 140 valence electrons. The van der Waals surface area contributed by atoms with Crippen molar-refractivity contribution < 1.29 is 19.1 Å². The monoisotopic (exact) mass is 421 g/mol. The summed E-state index contributed by atoms with van der Waals surface area (Å²) in [4.78, 5) is 25.5. The number of rotatable bonds is 3. The van der Waals surface area contributed by atoms with Crippen molar-refractivity contribution in [3.63, 3.8) is 0 Å². The first kappa shape index (κ1) is 20.2. The van der Waals surface area contributed by atoms with E-state index in [9.17, 15) is 9.59 Å². The topological polar surface area (TPSA) is 64.6 Å².